The number of methoxy groups -OCH3 is 1. The molecular formula is C25H28N4O4S. The molecule has 0 aliphatic carbocycles. The Labute approximate surface area is 200 Å². The lowest BCUT2D eigenvalue weighted by molar-refractivity contribution is -0.0600. The number of rotatable bonds is 4. The molecule has 3 aliphatic rings. The van der Waals surface area contributed by atoms with Gasteiger partial charge in [-0.3, -0.25) is 0 Å². The molecule has 9 heteroatoms. The number of nitrogens with one attached hydrogen (secondary N) is 1. The maximum atomic E-state index is 13.7. The van der Waals surface area contributed by atoms with Gasteiger partial charge in [0, 0.05) is 60.6 Å². The molecule has 0 saturated carbocycles. The maximum absolute atomic E-state index is 13.7. The number of ether oxygens (including phenoxy) is 1. The number of hydrogen-bond acceptors (Lipinski definition) is 5. The van der Waals surface area contributed by atoms with Crippen LogP contribution in [0.1, 0.15) is 12.8 Å². The number of nitrogens with zero attached hydrogens (tertiary/aromatic N) is 3. The monoisotopic (exact) mass is 480 g/mol. The second-order valence-corrected chi connectivity index (χ2v) is 10.9. The third-order valence-electron chi connectivity index (χ3n) is 7.41. The number of aliphatic hydroxyl groups is 1. The summed E-state index contributed by atoms with van der Waals surface area (Å²) in [7, 11) is 0.0501. The normalized spacial score (nSPS) is 22.6. The van der Waals surface area contributed by atoms with Gasteiger partial charge in [0.2, 0.25) is 0 Å². The van der Waals surface area contributed by atoms with Crippen molar-refractivity contribution in [3.8, 4) is 11.3 Å². The Kier molecular flexibility index (Phi) is 5.16. The van der Waals surface area contributed by atoms with Crippen LogP contribution in [0.5, 0.6) is 0 Å². The van der Waals surface area contributed by atoms with E-state index in [1.54, 1.807) is 4.90 Å². The Bertz CT molecular complexity index is 1250. The molecule has 8 nitrogen and oxygen atoms in total. The molecule has 3 fully saturated rings. The van der Waals surface area contributed by atoms with E-state index in [0.29, 0.717) is 19.6 Å². The van der Waals surface area contributed by atoms with E-state index in [0.717, 1.165) is 58.7 Å². The average Bonchev–Trinajstić information content (AvgIpc) is 3.43. The van der Waals surface area contributed by atoms with Crippen molar-refractivity contribution in [2.45, 2.75) is 29.4 Å². The van der Waals surface area contributed by atoms with E-state index in [-0.39, 0.29) is 17.7 Å². The van der Waals surface area contributed by atoms with Gasteiger partial charge in [-0.2, -0.15) is 0 Å². The first-order valence-electron chi connectivity index (χ1n) is 11.6. The van der Waals surface area contributed by atoms with Crippen LogP contribution in [0.25, 0.3) is 22.2 Å². The first kappa shape index (κ1) is 21.6. The second-order valence-electron chi connectivity index (χ2n) is 9.49. The van der Waals surface area contributed by atoms with E-state index in [2.05, 4.69) is 22.0 Å². The summed E-state index contributed by atoms with van der Waals surface area (Å²) in [6.07, 6.45) is 1.00. The smallest absolute Gasteiger partial charge is 0.409 e. The summed E-state index contributed by atoms with van der Waals surface area (Å²) < 4.78 is 20.5. The van der Waals surface area contributed by atoms with Crippen molar-refractivity contribution in [1.82, 2.24) is 14.2 Å². The summed E-state index contributed by atoms with van der Waals surface area (Å²) in [5, 5.41) is 11.2. The maximum Gasteiger partial charge on any atom is 0.409 e. The second kappa shape index (κ2) is 8.11. The summed E-state index contributed by atoms with van der Waals surface area (Å²) in [5.74, 6) is 0. The fourth-order valence-electron chi connectivity index (χ4n) is 5.44. The molecule has 3 aliphatic heterocycles. The Hall–Kier alpha value is -2.88. The van der Waals surface area contributed by atoms with Crippen molar-refractivity contribution in [3.05, 3.63) is 48.5 Å². The van der Waals surface area contributed by atoms with Gasteiger partial charge in [-0.05, 0) is 43.2 Å². The zero-order valence-electron chi connectivity index (χ0n) is 19.1. The van der Waals surface area contributed by atoms with Crippen LogP contribution in [0, 0.1) is 0 Å². The lowest BCUT2D eigenvalue weighted by atomic mass is 9.80. The molecular weight excluding hydrogens is 452 g/mol. The van der Waals surface area contributed by atoms with Gasteiger partial charge >= 0.3 is 6.09 Å². The third kappa shape index (κ3) is 3.41. The highest BCUT2D eigenvalue weighted by atomic mass is 32.2. The van der Waals surface area contributed by atoms with Gasteiger partial charge < -0.3 is 24.6 Å². The van der Waals surface area contributed by atoms with Crippen molar-refractivity contribution in [3.63, 3.8) is 0 Å². The van der Waals surface area contributed by atoms with E-state index in [1.165, 1.54) is 7.11 Å². The van der Waals surface area contributed by atoms with Gasteiger partial charge in [0.1, 0.15) is 11.0 Å². The minimum Gasteiger partial charge on any atom is -0.453 e. The number of carbonyl (C=O) groups excluding carboxylic acids is 1. The number of carbonyl (C=O) groups is 1. The molecule has 6 rings (SSSR count). The first-order valence-corrected chi connectivity index (χ1v) is 12.8. The fraction of sp³-hybridized carbons (Fsp3) is 0.400. The molecule has 34 heavy (non-hydrogen) atoms. The number of hydrogen-bond donors (Lipinski definition) is 2. The van der Waals surface area contributed by atoms with Gasteiger partial charge in [0.25, 0.3) is 0 Å². The van der Waals surface area contributed by atoms with Gasteiger partial charge in [-0.15, -0.1) is 0 Å². The average molecular weight is 481 g/mol. The molecule has 4 heterocycles. The molecule has 2 atom stereocenters. The van der Waals surface area contributed by atoms with Gasteiger partial charge in [0.15, 0.2) is 0 Å². The van der Waals surface area contributed by atoms with Crippen LogP contribution < -0.4 is 4.90 Å². The zero-order valence-corrected chi connectivity index (χ0v) is 19.9. The summed E-state index contributed by atoms with van der Waals surface area (Å²) in [6.45, 7) is 3.21. The number of para-hydroxylation sites is 1. The van der Waals surface area contributed by atoms with Crippen LogP contribution in [0.15, 0.2) is 53.4 Å². The highest BCUT2D eigenvalue weighted by molar-refractivity contribution is 7.82. The number of aromatic amines is 1. The number of amides is 1. The van der Waals surface area contributed by atoms with Crippen molar-refractivity contribution in [2.24, 2.45) is 0 Å². The number of benzene rings is 2. The molecule has 1 spiro atoms. The lowest BCUT2D eigenvalue weighted by Gasteiger charge is -2.60. The summed E-state index contributed by atoms with van der Waals surface area (Å²) in [5.41, 5.74) is 3.81. The summed E-state index contributed by atoms with van der Waals surface area (Å²) in [4.78, 5) is 19.9. The molecule has 3 aromatic rings. The van der Waals surface area contributed by atoms with Crippen LogP contribution in [0.2, 0.25) is 0 Å². The molecule has 1 amide bonds. The third-order valence-corrected chi connectivity index (χ3v) is 9.03. The number of anilines is 1. The summed E-state index contributed by atoms with van der Waals surface area (Å²) in [6, 6.07) is 16.2. The van der Waals surface area contributed by atoms with E-state index in [1.807, 2.05) is 40.7 Å². The van der Waals surface area contributed by atoms with Crippen LogP contribution >= 0.6 is 0 Å². The Morgan fingerprint density at radius 2 is 2.00 bits per heavy atom. The van der Waals surface area contributed by atoms with E-state index in [4.69, 9.17) is 4.74 Å². The van der Waals surface area contributed by atoms with Crippen LogP contribution in [0.3, 0.4) is 0 Å². The number of H-pyrrole nitrogens is 1. The highest BCUT2D eigenvalue weighted by Crippen LogP contribution is 2.43. The van der Waals surface area contributed by atoms with Crippen molar-refractivity contribution < 1.29 is 18.8 Å². The Balaban J connectivity index is 1.34. The standard InChI is InChI=1S/C25H28N4O4S/c1-33-24(31)28-15-25(16-28)9-11-29(25)34(32)19-6-7-23(27-10-8-18(30)14-27)20(13-19)22-12-17-4-2-3-5-21(17)26-22/h2-7,12-13,18,26,30H,8-11,14-16H2,1H3. The first-order chi connectivity index (χ1) is 16.5. The van der Waals surface area contributed by atoms with E-state index < -0.39 is 11.0 Å². The van der Waals surface area contributed by atoms with E-state index >= 15 is 0 Å². The van der Waals surface area contributed by atoms with Crippen molar-refractivity contribution in [1.29, 1.82) is 0 Å². The quantitative estimate of drug-likeness (QED) is 0.599. The number of aliphatic hydroxyl groups excluding tert-OH is 1. The number of fused-ring (bicyclic) bond motifs is 1. The topological polar surface area (TPSA) is 89.1 Å². The van der Waals surface area contributed by atoms with Crippen molar-refractivity contribution in [2.75, 3.05) is 44.7 Å². The van der Waals surface area contributed by atoms with Crippen LogP contribution in [-0.4, -0.2) is 81.1 Å². The minimum absolute atomic E-state index is 0.224. The zero-order chi connectivity index (χ0) is 23.4. The molecule has 3 saturated heterocycles. The summed E-state index contributed by atoms with van der Waals surface area (Å²) >= 11 is 0. The molecule has 1 aromatic heterocycles. The SMILES string of the molecule is COC(=O)N1CC2(CCN2S(=O)c2ccc(N3CCC(O)C3)c(-c3cc4ccccc4[nH]3)c2)C1. The highest BCUT2D eigenvalue weighted by Gasteiger charge is 2.57. The molecule has 2 aromatic carbocycles. The number of aromatic nitrogens is 1. The molecule has 2 unspecified atom stereocenters. The largest absolute Gasteiger partial charge is 0.453 e. The predicted molar refractivity (Wildman–Crippen MR) is 131 cm³/mol. The van der Waals surface area contributed by atoms with Crippen molar-refractivity contribution >= 4 is 33.7 Å². The van der Waals surface area contributed by atoms with Gasteiger partial charge in [-0.25, -0.2) is 13.3 Å². The Morgan fingerprint density at radius 3 is 2.68 bits per heavy atom. The Morgan fingerprint density at radius 1 is 1.18 bits per heavy atom. The predicted octanol–water partition coefficient (Wildman–Crippen LogP) is 2.96. The number of β-amino-alcohol motifs (C(OH)–C–C–N with tert-alkyl or cyclic N) is 1. The van der Waals surface area contributed by atoms with Gasteiger partial charge in [-0.1, -0.05) is 18.2 Å². The van der Waals surface area contributed by atoms with Crippen LogP contribution in [-0.2, 0) is 15.7 Å². The molecule has 0 bridgehead atoms. The van der Waals surface area contributed by atoms with Crippen LogP contribution in [0.4, 0.5) is 10.5 Å². The fourth-order valence-corrected chi connectivity index (χ4v) is 6.91. The molecule has 2 N–H and O–H groups in total. The lowest BCUT2D eigenvalue weighted by Crippen LogP contribution is -2.77. The van der Waals surface area contributed by atoms with E-state index in [9.17, 15) is 14.1 Å². The molecule has 0 radical (unpaired) electrons. The molecule has 178 valence electrons. The number of likely N-dealkylation sites (tertiary alicyclic amines) is 1. The van der Waals surface area contributed by atoms with Gasteiger partial charge in [0.05, 0.1) is 23.6 Å². The minimum atomic E-state index is -1.34.